The van der Waals surface area contributed by atoms with Gasteiger partial charge in [-0.05, 0) is 0 Å². The van der Waals surface area contributed by atoms with Gasteiger partial charge < -0.3 is 0 Å². The fourth-order valence-corrected chi connectivity index (χ4v) is 1.98. The van der Waals surface area contributed by atoms with Crippen LogP contribution in [0.4, 0.5) is 0 Å². The third-order valence-electron chi connectivity index (χ3n) is 3.15. The second-order valence-electron chi connectivity index (χ2n) is 6.71. The molecule has 100 valence electrons. The molecule has 0 aromatic heterocycles. The molecule has 0 aromatic rings. The molecule has 17 heavy (non-hydrogen) atoms. The number of nitrogens with zero attached hydrogens (tertiary/aromatic N) is 1. The van der Waals surface area contributed by atoms with Crippen LogP contribution < -0.4 is 0 Å². The van der Waals surface area contributed by atoms with E-state index in [1.165, 1.54) is 0 Å². The van der Waals surface area contributed by atoms with E-state index in [1.54, 1.807) is 0 Å². The Bertz CT molecular complexity index is 309. The summed E-state index contributed by atoms with van der Waals surface area (Å²) in [6.45, 7) is 20.6. The molecule has 0 saturated carbocycles. The molecule has 0 aliphatic rings. The first kappa shape index (κ1) is 16.8. The summed E-state index contributed by atoms with van der Waals surface area (Å²) in [5.41, 5.74) is 0.276. The standard InChI is InChI=1S/C15H25N.Pt/c1-9-10-12(14(2,3)4)11-13(16-8)15(5,6)7;/h1,9-10,12-13H,11H2,2-7H3;. The maximum absolute atomic E-state index is 7.38. The van der Waals surface area contributed by atoms with E-state index in [4.69, 9.17) is 6.57 Å². The van der Waals surface area contributed by atoms with E-state index in [9.17, 15) is 0 Å². The van der Waals surface area contributed by atoms with E-state index in [1.807, 2.05) is 4.40 Å². The van der Waals surface area contributed by atoms with Gasteiger partial charge in [-0.1, -0.05) is 0 Å². The van der Waals surface area contributed by atoms with Crippen LogP contribution in [0.5, 0.6) is 0 Å². The van der Waals surface area contributed by atoms with Crippen LogP contribution in [0.1, 0.15) is 48.0 Å². The molecule has 0 aliphatic carbocycles. The number of rotatable bonds is 4. The zero-order valence-corrected chi connectivity index (χ0v) is 14.1. The molecule has 0 heterocycles. The predicted molar refractivity (Wildman–Crippen MR) is 72.6 cm³/mol. The van der Waals surface area contributed by atoms with Gasteiger partial charge in [0, 0.05) is 0 Å². The molecule has 0 saturated heterocycles. The fraction of sp³-hybridized carbons (Fsp3) is 0.733. The van der Waals surface area contributed by atoms with Crippen molar-refractivity contribution in [3.63, 3.8) is 0 Å². The van der Waals surface area contributed by atoms with Crippen molar-refractivity contribution in [3.8, 4) is 0 Å². The molecule has 0 fully saturated rings. The van der Waals surface area contributed by atoms with Crippen LogP contribution in [0, 0.1) is 23.3 Å². The van der Waals surface area contributed by atoms with Crippen molar-refractivity contribution in [2.24, 2.45) is 16.7 Å². The molecule has 2 atom stereocenters. The SMILES string of the molecule is [C-]#[N+]C(CC(C=C[CH]=[Pt])C(C)(C)C)C(C)(C)C. The predicted octanol–water partition coefficient (Wildman–Crippen LogP) is 4.28. The normalized spacial score (nSPS) is 16.6. The first-order valence-corrected chi connectivity index (χ1v) is 7.37. The number of hydrogen-bond donors (Lipinski definition) is 0. The third kappa shape index (κ3) is 6.32. The van der Waals surface area contributed by atoms with Crippen molar-refractivity contribution in [2.45, 2.75) is 54.0 Å². The summed E-state index contributed by atoms with van der Waals surface area (Å²) in [5, 5.41) is 0. The summed E-state index contributed by atoms with van der Waals surface area (Å²) >= 11 is 2.22. The van der Waals surface area contributed by atoms with E-state index >= 15 is 0 Å². The Morgan fingerprint density at radius 2 is 1.65 bits per heavy atom. The minimum absolute atomic E-state index is 0.0628. The van der Waals surface area contributed by atoms with E-state index < -0.39 is 0 Å². The molecular weight excluding hydrogens is 389 g/mol. The zero-order chi connectivity index (χ0) is 13.7. The number of allylic oxidation sites excluding steroid dienone is 2. The molecule has 0 radical (unpaired) electrons. The Morgan fingerprint density at radius 1 is 1.12 bits per heavy atom. The first-order chi connectivity index (χ1) is 7.62. The summed E-state index contributed by atoms with van der Waals surface area (Å²) in [4.78, 5) is 3.82. The molecule has 0 N–H and O–H groups in total. The number of hydrogen-bond acceptors (Lipinski definition) is 0. The van der Waals surface area contributed by atoms with Gasteiger partial charge in [0.1, 0.15) is 0 Å². The summed E-state index contributed by atoms with van der Waals surface area (Å²) < 4.78 is 2.03. The van der Waals surface area contributed by atoms with Gasteiger partial charge in [-0.3, -0.25) is 0 Å². The van der Waals surface area contributed by atoms with Crippen LogP contribution in [0.25, 0.3) is 4.85 Å². The van der Waals surface area contributed by atoms with Gasteiger partial charge in [-0.2, -0.15) is 0 Å². The Hall–Kier alpha value is -0.212. The average molecular weight is 414 g/mol. The molecule has 2 unspecified atom stereocenters. The second kappa shape index (κ2) is 6.65. The van der Waals surface area contributed by atoms with Crippen molar-refractivity contribution in [1.82, 2.24) is 0 Å². The van der Waals surface area contributed by atoms with Gasteiger partial charge in [-0.15, -0.1) is 0 Å². The van der Waals surface area contributed by atoms with Crippen molar-refractivity contribution in [2.75, 3.05) is 0 Å². The Morgan fingerprint density at radius 3 is 1.94 bits per heavy atom. The average Bonchev–Trinajstić information content (AvgIpc) is 2.14. The Balaban J connectivity index is 4.93. The molecule has 0 rings (SSSR count). The molecule has 1 nitrogen and oxygen atoms in total. The molecule has 2 heteroatoms. The van der Waals surface area contributed by atoms with Gasteiger partial charge in [0.15, 0.2) is 0 Å². The second-order valence-corrected chi connectivity index (χ2v) is 7.47. The quantitative estimate of drug-likeness (QED) is 0.605. The van der Waals surface area contributed by atoms with Crippen molar-refractivity contribution in [1.29, 1.82) is 0 Å². The van der Waals surface area contributed by atoms with Gasteiger partial charge >= 0.3 is 118 Å². The molecule has 0 aliphatic heterocycles. The van der Waals surface area contributed by atoms with Crippen LogP contribution in [-0.2, 0) is 19.4 Å². The summed E-state index contributed by atoms with van der Waals surface area (Å²) in [7, 11) is 0. The monoisotopic (exact) mass is 414 g/mol. The first-order valence-electron chi connectivity index (χ1n) is 6.06. The zero-order valence-electron chi connectivity index (χ0n) is 11.9. The molecule has 0 aromatic carbocycles. The summed E-state index contributed by atoms with van der Waals surface area (Å²) in [5.74, 6) is 0.451. The van der Waals surface area contributed by atoms with Crippen molar-refractivity contribution in [3.05, 3.63) is 23.6 Å². The molecule has 0 spiro atoms. The van der Waals surface area contributed by atoms with Crippen molar-refractivity contribution < 1.29 is 19.4 Å². The molecular formula is C15H25NPt. The van der Waals surface area contributed by atoms with Crippen LogP contribution in [0.3, 0.4) is 0 Å². The maximum atomic E-state index is 7.38. The summed E-state index contributed by atoms with van der Waals surface area (Å²) in [6, 6.07) is 0.0887. The van der Waals surface area contributed by atoms with E-state index in [2.05, 4.69) is 77.9 Å². The van der Waals surface area contributed by atoms with Crippen molar-refractivity contribution >= 4 is 4.40 Å². The minimum atomic E-state index is 0.0628. The van der Waals surface area contributed by atoms with Crippen LogP contribution in [0.2, 0.25) is 0 Å². The molecule has 0 amide bonds. The van der Waals surface area contributed by atoms with E-state index in [0.717, 1.165) is 6.42 Å². The van der Waals surface area contributed by atoms with Gasteiger partial charge in [0.05, 0.1) is 0 Å². The molecule has 0 bridgehead atoms. The van der Waals surface area contributed by atoms with Gasteiger partial charge in [0.25, 0.3) is 0 Å². The fourth-order valence-electron chi connectivity index (χ4n) is 1.73. The topological polar surface area (TPSA) is 4.36 Å². The van der Waals surface area contributed by atoms with Gasteiger partial charge in [0.2, 0.25) is 0 Å². The van der Waals surface area contributed by atoms with E-state index in [0.29, 0.717) is 5.92 Å². The van der Waals surface area contributed by atoms with Crippen LogP contribution in [0.15, 0.2) is 12.2 Å². The van der Waals surface area contributed by atoms with E-state index in [-0.39, 0.29) is 16.9 Å². The Labute approximate surface area is 118 Å². The third-order valence-corrected chi connectivity index (χ3v) is 3.59. The Kier molecular flexibility index (Phi) is 6.57. The van der Waals surface area contributed by atoms with Gasteiger partial charge in [-0.25, -0.2) is 0 Å². The van der Waals surface area contributed by atoms with Crippen LogP contribution in [-0.4, -0.2) is 10.4 Å². The summed E-state index contributed by atoms with van der Waals surface area (Å²) in [6.07, 6.45) is 5.29. The van der Waals surface area contributed by atoms with Crippen LogP contribution >= 0.6 is 0 Å².